The molecule has 1 atom stereocenters. The fourth-order valence-electron chi connectivity index (χ4n) is 3.23. The van der Waals surface area contributed by atoms with Gasteiger partial charge in [-0.2, -0.15) is 21.6 Å². The maximum atomic E-state index is 12.5. The highest BCUT2D eigenvalue weighted by molar-refractivity contribution is 7.88. The lowest BCUT2D eigenvalue weighted by Gasteiger charge is -2.38. The zero-order chi connectivity index (χ0) is 25.5. The average molecular weight is 520 g/mol. The molecule has 1 unspecified atom stereocenters. The normalized spacial score (nSPS) is 17.8. The van der Waals surface area contributed by atoms with Crippen molar-refractivity contribution in [1.29, 1.82) is 0 Å². The predicted octanol–water partition coefficient (Wildman–Crippen LogP) is 4.06. The molecule has 3 rings (SSSR count). The van der Waals surface area contributed by atoms with Crippen LogP contribution in [0, 0.1) is 0 Å². The Morgan fingerprint density at radius 3 is 2.35 bits per heavy atom. The van der Waals surface area contributed by atoms with Crippen LogP contribution in [0.15, 0.2) is 41.5 Å². The van der Waals surface area contributed by atoms with Gasteiger partial charge in [0.1, 0.15) is 11.6 Å². The smallest absolute Gasteiger partial charge is 0.412 e. The number of pyridine rings is 2. The third kappa shape index (κ3) is 5.63. The lowest BCUT2D eigenvalue weighted by molar-refractivity contribution is -0.0500. The van der Waals surface area contributed by atoms with Gasteiger partial charge in [-0.3, -0.25) is 9.36 Å². The minimum Gasteiger partial charge on any atom is -0.412 e. The van der Waals surface area contributed by atoms with Gasteiger partial charge in [0.05, 0.1) is 18.0 Å². The Bertz CT molecular complexity index is 1190. The SMILES string of the molecule is CC(C)(C)[Si](C)(C)OC1CCN(c2ccc(-n3ccc(OS(=O)(=O)C(F)(F)F)cc3=O)cn2)C1. The van der Waals surface area contributed by atoms with Crippen LogP contribution in [-0.2, 0) is 14.5 Å². The molecule has 1 saturated heterocycles. The molecule has 0 N–H and O–H groups in total. The number of anilines is 1. The van der Waals surface area contributed by atoms with Crippen LogP contribution in [-0.4, -0.2) is 51.0 Å². The van der Waals surface area contributed by atoms with Gasteiger partial charge in [0.2, 0.25) is 0 Å². The van der Waals surface area contributed by atoms with E-state index in [1.54, 1.807) is 12.1 Å². The van der Waals surface area contributed by atoms with E-state index in [0.717, 1.165) is 29.8 Å². The average Bonchev–Trinajstić information content (AvgIpc) is 3.14. The van der Waals surface area contributed by atoms with Crippen LogP contribution in [0.4, 0.5) is 19.0 Å². The molecule has 1 aliphatic rings. The van der Waals surface area contributed by atoms with Crippen molar-refractivity contribution in [3.63, 3.8) is 0 Å². The van der Waals surface area contributed by atoms with Gasteiger partial charge in [0, 0.05) is 25.4 Å². The van der Waals surface area contributed by atoms with Crippen molar-refractivity contribution < 1.29 is 30.2 Å². The van der Waals surface area contributed by atoms with Crippen molar-refractivity contribution in [1.82, 2.24) is 9.55 Å². The lowest BCUT2D eigenvalue weighted by atomic mass is 10.2. The highest BCUT2D eigenvalue weighted by Gasteiger charge is 2.48. The topological polar surface area (TPSA) is 90.7 Å². The Balaban J connectivity index is 1.70. The summed E-state index contributed by atoms with van der Waals surface area (Å²) in [5, 5.41) is 0.116. The summed E-state index contributed by atoms with van der Waals surface area (Å²) in [4.78, 5) is 18.8. The standard InChI is InChI=1S/C21H28F3N3O5SSi/c1-20(2,3)34(4,5)32-17-8-10-26(14-17)18-7-6-15(13-25-18)27-11-9-16(12-19(27)28)31-33(29,30)21(22,23)24/h6-7,9,11-13,17H,8,10,14H2,1-5H3. The molecule has 0 bridgehead atoms. The molecular weight excluding hydrogens is 491 g/mol. The number of nitrogens with zero attached hydrogens (tertiary/aromatic N) is 3. The van der Waals surface area contributed by atoms with Gasteiger partial charge in [-0.15, -0.1) is 0 Å². The third-order valence-corrected chi connectivity index (χ3v) is 11.6. The number of hydrogen-bond acceptors (Lipinski definition) is 7. The van der Waals surface area contributed by atoms with Crippen LogP contribution < -0.4 is 14.6 Å². The van der Waals surface area contributed by atoms with Gasteiger partial charge in [0.25, 0.3) is 5.56 Å². The molecule has 0 saturated carbocycles. The second kappa shape index (κ2) is 9.00. The first-order valence-corrected chi connectivity index (χ1v) is 14.9. The zero-order valence-electron chi connectivity index (χ0n) is 19.6. The Hall–Kier alpha value is -2.38. The summed E-state index contributed by atoms with van der Waals surface area (Å²) in [6, 6.07) is 5.02. The Morgan fingerprint density at radius 1 is 1.15 bits per heavy atom. The van der Waals surface area contributed by atoms with Crippen molar-refractivity contribution >= 4 is 24.3 Å². The van der Waals surface area contributed by atoms with Gasteiger partial charge in [-0.25, -0.2) is 4.98 Å². The zero-order valence-corrected chi connectivity index (χ0v) is 21.4. The van der Waals surface area contributed by atoms with Gasteiger partial charge in [-0.1, -0.05) is 20.8 Å². The van der Waals surface area contributed by atoms with Gasteiger partial charge < -0.3 is 13.5 Å². The Kier molecular flexibility index (Phi) is 6.94. The highest BCUT2D eigenvalue weighted by atomic mass is 32.2. The number of aromatic nitrogens is 2. The number of rotatable bonds is 6. The van der Waals surface area contributed by atoms with Crippen molar-refractivity contribution in [2.24, 2.45) is 0 Å². The molecule has 1 aliphatic heterocycles. The maximum absolute atomic E-state index is 12.5. The van der Waals surface area contributed by atoms with Crippen molar-refractivity contribution in [2.45, 2.75) is 56.9 Å². The van der Waals surface area contributed by atoms with Crippen molar-refractivity contribution in [2.75, 3.05) is 18.0 Å². The summed E-state index contributed by atoms with van der Waals surface area (Å²) >= 11 is 0. The van der Waals surface area contributed by atoms with Crippen molar-refractivity contribution in [3.8, 4) is 11.4 Å². The van der Waals surface area contributed by atoms with E-state index >= 15 is 0 Å². The fourth-order valence-corrected chi connectivity index (χ4v) is 5.06. The first kappa shape index (κ1) is 26.2. The van der Waals surface area contributed by atoms with Crippen LogP contribution in [0.2, 0.25) is 18.1 Å². The molecule has 2 aromatic rings. The summed E-state index contributed by atoms with van der Waals surface area (Å²) in [6.07, 6.45) is 3.59. The molecule has 13 heteroatoms. The first-order valence-electron chi connectivity index (χ1n) is 10.6. The molecule has 0 amide bonds. The van der Waals surface area contributed by atoms with Crippen LogP contribution >= 0.6 is 0 Å². The fraction of sp³-hybridized carbons (Fsp3) is 0.524. The third-order valence-electron chi connectivity index (χ3n) is 6.13. The van der Waals surface area contributed by atoms with Crippen LogP contribution in [0.3, 0.4) is 0 Å². The molecule has 3 heterocycles. The highest BCUT2D eigenvalue weighted by Crippen LogP contribution is 2.38. The molecule has 2 aromatic heterocycles. The maximum Gasteiger partial charge on any atom is 0.534 e. The van der Waals surface area contributed by atoms with E-state index in [0.29, 0.717) is 24.1 Å². The van der Waals surface area contributed by atoms with Gasteiger partial charge in [-0.05, 0) is 42.8 Å². The second-order valence-electron chi connectivity index (χ2n) is 9.66. The lowest BCUT2D eigenvalue weighted by Crippen LogP contribution is -2.44. The largest absolute Gasteiger partial charge is 0.534 e. The molecule has 0 spiro atoms. The van der Waals surface area contributed by atoms with Gasteiger partial charge in [0.15, 0.2) is 8.32 Å². The molecule has 0 aliphatic carbocycles. The summed E-state index contributed by atoms with van der Waals surface area (Å²) in [5.74, 6) is -0.0117. The molecule has 0 aromatic carbocycles. The van der Waals surface area contributed by atoms with E-state index < -0.39 is 35.3 Å². The molecule has 8 nitrogen and oxygen atoms in total. The Morgan fingerprint density at radius 2 is 1.82 bits per heavy atom. The van der Waals surface area contributed by atoms with E-state index in [-0.39, 0.29) is 11.1 Å². The van der Waals surface area contributed by atoms with Crippen LogP contribution in [0.1, 0.15) is 27.2 Å². The van der Waals surface area contributed by atoms with Crippen molar-refractivity contribution in [3.05, 3.63) is 47.0 Å². The van der Waals surface area contributed by atoms with E-state index in [1.165, 1.54) is 6.20 Å². The van der Waals surface area contributed by atoms with Gasteiger partial charge >= 0.3 is 15.6 Å². The second-order valence-corrected chi connectivity index (χ2v) is 16.0. The minimum absolute atomic E-state index is 0.116. The summed E-state index contributed by atoms with van der Waals surface area (Å²) in [5.41, 5.74) is -5.99. The summed E-state index contributed by atoms with van der Waals surface area (Å²) in [6.45, 7) is 12.5. The number of hydrogen-bond donors (Lipinski definition) is 0. The van der Waals surface area contributed by atoms with E-state index in [2.05, 4.69) is 47.9 Å². The quantitative estimate of drug-likeness (QED) is 0.323. The predicted molar refractivity (Wildman–Crippen MR) is 124 cm³/mol. The monoisotopic (exact) mass is 519 g/mol. The summed E-state index contributed by atoms with van der Waals surface area (Å²) < 4.78 is 71.3. The molecular formula is C21H28F3N3O5SSi. The molecule has 0 radical (unpaired) electrons. The molecule has 1 fully saturated rings. The van der Waals surface area contributed by atoms with Crippen LogP contribution in [0.5, 0.6) is 5.75 Å². The van der Waals surface area contributed by atoms with Crippen LogP contribution in [0.25, 0.3) is 5.69 Å². The first-order chi connectivity index (χ1) is 15.5. The van der Waals surface area contributed by atoms with E-state index in [9.17, 15) is 26.4 Å². The Labute approximate surface area is 197 Å². The molecule has 34 heavy (non-hydrogen) atoms. The van der Waals surface area contributed by atoms with E-state index in [4.69, 9.17) is 4.43 Å². The number of alkyl halides is 3. The number of halogens is 3. The molecule has 188 valence electrons. The minimum atomic E-state index is -5.86. The summed E-state index contributed by atoms with van der Waals surface area (Å²) in [7, 11) is -7.74. The van der Waals surface area contributed by atoms with E-state index in [1.807, 2.05) is 0 Å².